The summed E-state index contributed by atoms with van der Waals surface area (Å²) in [4.78, 5) is 25.6. The van der Waals surface area contributed by atoms with Gasteiger partial charge in [-0.05, 0) is 12.8 Å². The maximum absolute atomic E-state index is 12.4. The van der Waals surface area contributed by atoms with Crippen molar-refractivity contribution < 1.29 is 14.7 Å². The SMILES string of the molecule is O=C(NC1(C(=O)O)CCCCC1)N1CCn2cnnc2C1. The third kappa shape index (κ3) is 2.57. The molecule has 8 heteroatoms. The second kappa shape index (κ2) is 5.34. The van der Waals surface area contributed by atoms with E-state index in [1.165, 1.54) is 0 Å². The van der Waals surface area contributed by atoms with E-state index in [0.29, 0.717) is 32.5 Å². The Kier molecular flexibility index (Phi) is 3.52. The summed E-state index contributed by atoms with van der Waals surface area (Å²) in [5, 5.41) is 20.0. The number of nitrogens with zero attached hydrogens (tertiary/aromatic N) is 4. The maximum atomic E-state index is 12.4. The van der Waals surface area contributed by atoms with Crippen molar-refractivity contribution in [1.82, 2.24) is 25.0 Å². The monoisotopic (exact) mass is 293 g/mol. The summed E-state index contributed by atoms with van der Waals surface area (Å²) in [6.45, 7) is 1.53. The summed E-state index contributed by atoms with van der Waals surface area (Å²) in [5.41, 5.74) is -1.11. The molecule has 0 spiro atoms. The van der Waals surface area contributed by atoms with Gasteiger partial charge in [0.15, 0.2) is 5.82 Å². The molecule has 8 nitrogen and oxygen atoms in total. The number of carbonyl (C=O) groups is 2. The molecule has 0 aromatic carbocycles. The van der Waals surface area contributed by atoms with Crippen LogP contribution in [0, 0.1) is 0 Å². The lowest BCUT2D eigenvalue weighted by Gasteiger charge is -2.36. The molecule has 1 aromatic heterocycles. The number of fused-ring (bicyclic) bond motifs is 1. The molecule has 0 atom stereocenters. The minimum absolute atomic E-state index is 0.325. The fourth-order valence-electron chi connectivity index (χ4n) is 3.07. The Labute approximate surface area is 122 Å². The van der Waals surface area contributed by atoms with E-state index < -0.39 is 11.5 Å². The lowest BCUT2D eigenvalue weighted by Crippen LogP contribution is -2.59. The van der Waals surface area contributed by atoms with E-state index in [0.717, 1.165) is 25.1 Å². The molecule has 0 saturated heterocycles. The van der Waals surface area contributed by atoms with Crippen LogP contribution in [0.1, 0.15) is 37.9 Å². The summed E-state index contributed by atoms with van der Waals surface area (Å²) < 4.78 is 1.90. The molecule has 1 saturated carbocycles. The van der Waals surface area contributed by atoms with Crippen molar-refractivity contribution in [3.05, 3.63) is 12.2 Å². The number of aliphatic carboxylic acids is 1. The minimum atomic E-state index is -1.11. The van der Waals surface area contributed by atoms with Gasteiger partial charge in [-0.15, -0.1) is 10.2 Å². The zero-order valence-corrected chi connectivity index (χ0v) is 11.8. The number of rotatable bonds is 2. The second-order valence-electron chi connectivity index (χ2n) is 5.74. The molecule has 1 aliphatic carbocycles. The molecule has 2 amide bonds. The largest absolute Gasteiger partial charge is 0.480 e. The summed E-state index contributed by atoms with van der Waals surface area (Å²) in [6.07, 6.45) is 5.33. The molecule has 21 heavy (non-hydrogen) atoms. The highest BCUT2D eigenvalue weighted by Gasteiger charge is 2.42. The Morgan fingerprint density at radius 2 is 2.00 bits per heavy atom. The van der Waals surface area contributed by atoms with Gasteiger partial charge in [0.1, 0.15) is 11.9 Å². The highest BCUT2D eigenvalue weighted by Crippen LogP contribution is 2.29. The van der Waals surface area contributed by atoms with Gasteiger partial charge in [0.25, 0.3) is 0 Å². The van der Waals surface area contributed by atoms with E-state index in [1.807, 2.05) is 4.57 Å². The topological polar surface area (TPSA) is 100 Å². The Morgan fingerprint density at radius 3 is 2.71 bits per heavy atom. The fraction of sp³-hybridized carbons (Fsp3) is 0.692. The molecule has 1 fully saturated rings. The van der Waals surface area contributed by atoms with Crippen LogP contribution in [0.2, 0.25) is 0 Å². The van der Waals surface area contributed by atoms with Gasteiger partial charge in [-0.3, -0.25) is 0 Å². The quantitative estimate of drug-likeness (QED) is 0.831. The molecule has 3 rings (SSSR count). The number of amides is 2. The zero-order valence-electron chi connectivity index (χ0n) is 11.8. The van der Waals surface area contributed by atoms with Crippen molar-refractivity contribution in [3.63, 3.8) is 0 Å². The average Bonchev–Trinajstić information content (AvgIpc) is 2.95. The third-order valence-corrected chi connectivity index (χ3v) is 4.39. The first-order valence-electron chi connectivity index (χ1n) is 7.28. The molecule has 0 bridgehead atoms. The number of hydrogen-bond donors (Lipinski definition) is 2. The maximum Gasteiger partial charge on any atom is 0.329 e. The van der Waals surface area contributed by atoms with E-state index in [2.05, 4.69) is 15.5 Å². The van der Waals surface area contributed by atoms with E-state index in [9.17, 15) is 14.7 Å². The molecular weight excluding hydrogens is 274 g/mol. The number of aromatic nitrogens is 3. The van der Waals surface area contributed by atoms with E-state index >= 15 is 0 Å². The first-order chi connectivity index (χ1) is 10.1. The van der Waals surface area contributed by atoms with E-state index in [1.54, 1.807) is 11.2 Å². The van der Waals surface area contributed by atoms with E-state index in [-0.39, 0.29) is 6.03 Å². The van der Waals surface area contributed by atoms with E-state index in [4.69, 9.17) is 0 Å². The van der Waals surface area contributed by atoms with Gasteiger partial charge in [-0.2, -0.15) is 0 Å². The van der Waals surface area contributed by atoms with Gasteiger partial charge in [0.05, 0.1) is 6.54 Å². The van der Waals surface area contributed by atoms with Crippen molar-refractivity contribution >= 4 is 12.0 Å². The van der Waals surface area contributed by atoms with Gasteiger partial charge >= 0.3 is 12.0 Å². The van der Waals surface area contributed by atoms with Crippen molar-refractivity contribution in [1.29, 1.82) is 0 Å². The Hall–Kier alpha value is -2.12. The summed E-state index contributed by atoms with van der Waals surface area (Å²) >= 11 is 0. The molecular formula is C13H19N5O3. The Morgan fingerprint density at radius 1 is 1.24 bits per heavy atom. The standard InChI is InChI=1S/C13H19N5O3/c19-11(20)13(4-2-1-3-5-13)15-12(21)17-6-7-18-9-14-16-10(18)8-17/h9H,1-8H2,(H,15,21)(H,19,20). The van der Waals surface area contributed by atoms with Crippen LogP contribution in [0.15, 0.2) is 6.33 Å². The predicted molar refractivity (Wildman–Crippen MR) is 72.4 cm³/mol. The summed E-state index contributed by atoms with van der Waals surface area (Å²) in [7, 11) is 0. The van der Waals surface area contributed by atoms with Crippen LogP contribution in [0.5, 0.6) is 0 Å². The van der Waals surface area contributed by atoms with Gasteiger partial charge < -0.3 is 19.9 Å². The van der Waals surface area contributed by atoms with Crippen LogP contribution in [-0.4, -0.2) is 48.9 Å². The Bertz CT molecular complexity index is 550. The normalized spacial score (nSPS) is 20.7. The lowest BCUT2D eigenvalue weighted by molar-refractivity contribution is -0.146. The van der Waals surface area contributed by atoms with Gasteiger partial charge in [0, 0.05) is 13.1 Å². The lowest BCUT2D eigenvalue weighted by atomic mass is 9.82. The predicted octanol–water partition coefficient (Wildman–Crippen LogP) is 0.591. The molecule has 2 N–H and O–H groups in total. The van der Waals surface area contributed by atoms with Crippen molar-refractivity contribution in [2.45, 2.75) is 50.7 Å². The highest BCUT2D eigenvalue weighted by molar-refractivity contribution is 5.86. The van der Waals surface area contributed by atoms with Crippen LogP contribution in [-0.2, 0) is 17.9 Å². The number of carboxylic acids is 1. The second-order valence-corrected chi connectivity index (χ2v) is 5.74. The third-order valence-electron chi connectivity index (χ3n) is 4.39. The van der Waals surface area contributed by atoms with Crippen molar-refractivity contribution in [3.8, 4) is 0 Å². The first kappa shape index (κ1) is 13.8. The van der Waals surface area contributed by atoms with Crippen molar-refractivity contribution in [2.24, 2.45) is 0 Å². The van der Waals surface area contributed by atoms with Crippen LogP contribution in [0.3, 0.4) is 0 Å². The molecule has 0 unspecified atom stereocenters. The molecule has 0 radical (unpaired) electrons. The van der Waals surface area contributed by atoms with Crippen molar-refractivity contribution in [2.75, 3.05) is 6.54 Å². The Balaban J connectivity index is 1.69. The molecule has 2 aliphatic rings. The van der Waals surface area contributed by atoms with Crippen LogP contribution >= 0.6 is 0 Å². The molecule has 2 heterocycles. The smallest absolute Gasteiger partial charge is 0.329 e. The number of urea groups is 1. The molecule has 1 aromatic rings. The van der Waals surface area contributed by atoms with Gasteiger partial charge in [0.2, 0.25) is 0 Å². The van der Waals surface area contributed by atoms with Crippen LogP contribution < -0.4 is 5.32 Å². The van der Waals surface area contributed by atoms with Gasteiger partial charge in [-0.1, -0.05) is 19.3 Å². The number of hydrogen-bond acceptors (Lipinski definition) is 4. The molecule has 114 valence electrons. The van der Waals surface area contributed by atoms with Crippen LogP contribution in [0.25, 0.3) is 0 Å². The van der Waals surface area contributed by atoms with Crippen LogP contribution in [0.4, 0.5) is 4.79 Å². The van der Waals surface area contributed by atoms with Gasteiger partial charge in [-0.25, -0.2) is 9.59 Å². The molecule has 1 aliphatic heterocycles. The average molecular weight is 293 g/mol. The summed E-state index contributed by atoms with van der Waals surface area (Å²) in [5.74, 6) is -0.208. The summed E-state index contributed by atoms with van der Waals surface area (Å²) in [6, 6.07) is -0.325. The zero-order chi connectivity index (χ0) is 14.9. The number of carbonyl (C=O) groups excluding carboxylic acids is 1. The highest BCUT2D eigenvalue weighted by atomic mass is 16.4. The first-order valence-corrected chi connectivity index (χ1v) is 7.28. The number of nitrogens with one attached hydrogen (secondary N) is 1. The minimum Gasteiger partial charge on any atom is -0.480 e. The fourth-order valence-corrected chi connectivity index (χ4v) is 3.07. The number of carboxylic acid groups (broad SMARTS) is 1.